The van der Waals surface area contributed by atoms with E-state index in [0.717, 1.165) is 23.7 Å². The molecule has 0 aromatic heterocycles. The molecule has 1 aromatic carbocycles. The zero-order valence-corrected chi connectivity index (χ0v) is 13.2. The van der Waals surface area contributed by atoms with Gasteiger partial charge in [0.1, 0.15) is 0 Å². The van der Waals surface area contributed by atoms with Crippen LogP contribution in [0.3, 0.4) is 0 Å². The fourth-order valence-electron chi connectivity index (χ4n) is 2.15. The lowest BCUT2D eigenvalue weighted by Crippen LogP contribution is -2.53. The van der Waals surface area contributed by atoms with Crippen LogP contribution in [0.25, 0.3) is 0 Å². The van der Waals surface area contributed by atoms with Crippen LogP contribution >= 0.6 is 27.5 Å². The third-order valence-electron chi connectivity index (χ3n) is 3.50. The highest BCUT2D eigenvalue weighted by Crippen LogP contribution is 2.24. The Bertz CT molecular complexity index is 473. The van der Waals surface area contributed by atoms with Gasteiger partial charge in [0.15, 0.2) is 0 Å². The van der Waals surface area contributed by atoms with Crippen molar-refractivity contribution in [2.24, 2.45) is 0 Å². The van der Waals surface area contributed by atoms with Gasteiger partial charge in [0.25, 0.3) is 5.91 Å². The zero-order valence-electron chi connectivity index (χ0n) is 10.8. The summed E-state index contributed by atoms with van der Waals surface area (Å²) in [6.07, 6.45) is 1.66. The Morgan fingerprint density at radius 1 is 1.47 bits per heavy atom. The van der Waals surface area contributed by atoms with E-state index in [2.05, 4.69) is 21.2 Å². The molecule has 0 bridgehead atoms. The average molecular weight is 347 g/mol. The van der Waals surface area contributed by atoms with Gasteiger partial charge in [-0.3, -0.25) is 4.79 Å². The summed E-state index contributed by atoms with van der Waals surface area (Å²) in [6.45, 7) is 3.27. The van der Waals surface area contributed by atoms with Crippen molar-refractivity contribution < 1.29 is 9.53 Å². The van der Waals surface area contributed by atoms with Crippen LogP contribution in [0, 0.1) is 6.92 Å². The molecule has 19 heavy (non-hydrogen) atoms. The summed E-state index contributed by atoms with van der Waals surface area (Å²) in [5.41, 5.74) is 1.35. The summed E-state index contributed by atoms with van der Waals surface area (Å²) in [5, 5.41) is 4.55. The first-order valence-corrected chi connectivity index (χ1v) is 7.79. The number of benzene rings is 1. The van der Waals surface area contributed by atoms with E-state index in [1.807, 2.05) is 13.0 Å². The van der Waals surface area contributed by atoms with Crippen molar-refractivity contribution in [2.45, 2.75) is 25.3 Å². The Labute approximate surface area is 126 Å². The molecule has 0 unspecified atom stereocenters. The van der Waals surface area contributed by atoms with E-state index in [1.54, 1.807) is 12.1 Å². The Balaban J connectivity index is 2.12. The lowest BCUT2D eigenvalue weighted by molar-refractivity contribution is 0.0442. The number of amides is 1. The molecule has 1 amide bonds. The molecule has 0 atom stereocenters. The molecule has 0 saturated carbocycles. The van der Waals surface area contributed by atoms with Crippen molar-refractivity contribution in [3.05, 3.63) is 34.3 Å². The summed E-state index contributed by atoms with van der Waals surface area (Å²) < 4.78 is 5.36. The number of nitrogens with one attached hydrogen (secondary N) is 1. The van der Waals surface area contributed by atoms with Crippen molar-refractivity contribution in [3.8, 4) is 0 Å². The number of carbonyl (C=O) groups is 1. The van der Waals surface area contributed by atoms with Crippen molar-refractivity contribution in [3.63, 3.8) is 0 Å². The van der Waals surface area contributed by atoms with Crippen molar-refractivity contribution in [1.29, 1.82) is 0 Å². The van der Waals surface area contributed by atoms with Gasteiger partial charge in [0, 0.05) is 29.1 Å². The monoisotopic (exact) mass is 345 g/mol. The lowest BCUT2D eigenvalue weighted by Gasteiger charge is -2.36. The maximum absolute atomic E-state index is 12.3. The molecule has 5 heteroatoms. The van der Waals surface area contributed by atoms with Gasteiger partial charge < -0.3 is 10.1 Å². The van der Waals surface area contributed by atoms with E-state index in [-0.39, 0.29) is 11.4 Å². The SMILES string of the molecule is Cc1cc(C(=O)NC2(CBr)CCOCC2)ccc1Cl. The molecule has 1 N–H and O–H groups in total. The molecule has 1 aromatic rings. The smallest absolute Gasteiger partial charge is 0.251 e. The van der Waals surface area contributed by atoms with Crippen LogP contribution in [0.1, 0.15) is 28.8 Å². The largest absolute Gasteiger partial charge is 0.381 e. The van der Waals surface area contributed by atoms with Crippen LogP contribution in [-0.4, -0.2) is 30.0 Å². The molecule has 0 spiro atoms. The van der Waals surface area contributed by atoms with Gasteiger partial charge in [-0.25, -0.2) is 0 Å². The van der Waals surface area contributed by atoms with Crippen molar-refractivity contribution in [2.75, 3.05) is 18.5 Å². The Morgan fingerprint density at radius 3 is 2.74 bits per heavy atom. The molecule has 104 valence electrons. The third-order valence-corrected chi connectivity index (χ3v) is 5.00. The number of carbonyl (C=O) groups excluding carboxylic acids is 1. The van der Waals surface area contributed by atoms with Crippen LogP contribution in [0.5, 0.6) is 0 Å². The first kappa shape index (κ1) is 14.8. The van der Waals surface area contributed by atoms with Crippen LogP contribution in [0.2, 0.25) is 5.02 Å². The van der Waals surface area contributed by atoms with Gasteiger partial charge in [-0.15, -0.1) is 0 Å². The van der Waals surface area contributed by atoms with Crippen LogP contribution in [-0.2, 0) is 4.74 Å². The minimum Gasteiger partial charge on any atom is -0.381 e. The standard InChI is InChI=1S/C14H17BrClNO2/c1-10-8-11(2-3-12(10)16)13(18)17-14(9-15)4-6-19-7-5-14/h2-3,8H,4-7,9H2,1H3,(H,17,18). The molecule has 0 radical (unpaired) electrons. The molecule has 1 fully saturated rings. The molecular weight excluding hydrogens is 330 g/mol. The summed E-state index contributed by atoms with van der Waals surface area (Å²) in [6, 6.07) is 5.33. The highest BCUT2D eigenvalue weighted by atomic mass is 79.9. The highest BCUT2D eigenvalue weighted by Gasteiger charge is 2.33. The molecule has 0 aliphatic carbocycles. The maximum atomic E-state index is 12.3. The van der Waals surface area contributed by atoms with E-state index < -0.39 is 0 Å². The normalized spacial score (nSPS) is 18.1. The number of alkyl halides is 1. The van der Waals surface area contributed by atoms with Gasteiger partial charge in [-0.05, 0) is 43.5 Å². The Hall–Kier alpha value is -0.580. The highest BCUT2D eigenvalue weighted by molar-refractivity contribution is 9.09. The van der Waals surface area contributed by atoms with Crippen LogP contribution in [0.4, 0.5) is 0 Å². The quantitative estimate of drug-likeness (QED) is 0.853. The Morgan fingerprint density at radius 2 is 2.16 bits per heavy atom. The van der Waals surface area contributed by atoms with E-state index in [0.29, 0.717) is 23.8 Å². The van der Waals surface area contributed by atoms with Crippen molar-refractivity contribution >= 4 is 33.4 Å². The maximum Gasteiger partial charge on any atom is 0.251 e. The molecular formula is C14H17BrClNO2. The molecule has 2 rings (SSSR count). The third kappa shape index (κ3) is 3.50. The number of aryl methyl sites for hydroxylation is 1. The number of hydrogen-bond donors (Lipinski definition) is 1. The second kappa shape index (κ2) is 6.25. The number of ether oxygens (including phenoxy) is 1. The number of halogens is 2. The van der Waals surface area contributed by atoms with Gasteiger partial charge in [0.05, 0.1) is 5.54 Å². The van der Waals surface area contributed by atoms with Gasteiger partial charge >= 0.3 is 0 Å². The second-order valence-corrected chi connectivity index (χ2v) is 5.91. The van der Waals surface area contributed by atoms with E-state index in [1.165, 1.54) is 0 Å². The molecule has 1 aliphatic heterocycles. The van der Waals surface area contributed by atoms with Crippen molar-refractivity contribution in [1.82, 2.24) is 5.32 Å². The minimum atomic E-state index is -0.205. The number of rotatable bonds is 3. The average Bonchev–Trinajstić information content (AvgIpc) is 2.43. The predicted molar refractivity (Wildman–Crippen MR) is 80.2 cm³/mol. The summed E-state index contributed by atoms with van der Waals surface area (Å²) >= 11 is 9.48. The van der Waals surface area contributed by atoms with E-state index in [4.69, 9.17) is 16.3 Å². The minimum absolute atomic E-state index is 0.0545. The fraction of sp³-hybridized carbons (Fsp3) is 0.500. The fourth-order valence-corrected chi connectivity index (χ4v) is 2.97. The first-order valence-electron chi connectivity index (χ1n) is 6.29. The zero-order chi connectivity index (χ0) is 13.9. The summed E-state index contributed by atoms with van der Waals surface area (Å²) in [4.78, 5) is 12.3. The molecule has 1 aliphatic rings. The van der Waals surface area contributed by atoms with Gasteiger partial charge in [0.2, 0.25) is 0 Å². The summed E-state index contributed by atoms with van der Waals surface area (Å²) in [7, 11) is 0. The topological polar surface area (TPSA) is 38.3 Å². The molecule has 1 heterocycles. The van der Waals surface area contributed by atoms with Crippen LogP contribution in [0.15, 0.2) is 18.2 Å². The Kier molecular flexibility index (Phi) is 4.87. The van der Waals surface area contributed by atoms with Gasteiger partial charge in [-0.2, -0.15) is 0 Å². The van der Waals surface area contributed by atoms with Gasteiger partial charge in [-0.1, -0.05) is 27.5 Å². The predicted octanol–water partition coefficient (Wildman–Crippen LogP) is 3.32. The van der Waals surface area contributed by atoms with E-state index in [9.17, 15) is 4.79 Å². The second-order valence-electron chi connectivity index (χ2n) is 4.94. The molecule has 1 saturated heterocycles. The number of hydrogen-bond acceptors (Lipinski definition) is 2. The van der Waals surface area contributed by atoms with E-state index >= 15 is 0 Å². The molecule has 3 nitrogen and oxygen atoms in total. The first-order chi connectivity index (χ1) is 9.06. The van der Waals surface area contributed by atoms with Crippen LogP contribution < -0.4 is 5.32 Å². The lowest BCUT2D eigenvalue weighted by atomic mass is 9.92. The summed E-state index contributed by atoms with van der Waals surface area (Å²) in [5.74, 6) is -0.0545.